The molecular weight excluding hydrogens is 354 g/mol. The van der Waals surface area contributed by atoms with Gasteiger partial charge in [-0.3, -0.25) is 10.1 Å². The van der Waals surface area contributed by atoms with Gasteiger partial charge in [-0.25, -0.2) is 9.78 Å². The van der Waals surface area contributed by atoms with Crippen molar-refractivity contribution < 1.29 is 19.4 Å². The number of amides is 2. The molecule has 138 valence electrons. The number of urea groups is 1. The van der Waals surface area contributed by atoms with Gasteiger partial charge in [-0.1, -0.05) is 12.1 Å². The van der Waals surface area contributed by atoms with E-state index in [2.05, 4.69) is 15.6 Å². The highest BCUT2D eigenvalue weighted by Crippen LogP contribution is 2.32. The number of aliphatic carboxylic acids is 1. The summed E-state index contributed by atoms with van der Waals surface area (Å²) in [5.74, 6) is -0.393. The Labute approximate surface area is 155 Å². The Morgan fingerprint density at radius 1 is 1.27 bits per heavy atom. The van der Waals surface area contributed by atoms with Crippen molar-refractivity contribution in [3.8, 4) is 0 Å². The minimum Gasteiger partial charge on any atom is -0.481 e. The molecule has 3 N–H and O–H groups in total. The third-order valence-electron chi connectivity index (χ3n) is 4.18. The van der Waals surface area contributed by atoms with Crippen molar-refractivity contribution in [2.45, 2.75) is 31.6 Å². The van der Waals surface area contributed by atoms with Crippen LogP contribution in [0.5, 0.6) is 0 Å². The highest BCUT2D eigenvalue weighted by Gasteiger charge is 2.19. The minimum absolute atomic E-state index is 0.0593. The van der Waals surface area contributed by atoms with Crippen LogP contribution in [-0.4, -0.2) is 35.3 Å². The fraction of sp³-hybridized carbons (Fsp3) is 0.389. The smallest absolute Gasteiger partial charge is 0.325 e. The van der Waals surface area contributed by atoms with Crippen LogP contribution in [0.3, 0.4) is 0 Å². The topological polar surface area (TPSA) is 101 Å². The molecule has 0 aliphatic carbocycles. The molecule has 1 aliphatic heterocycles. The molecule has 2 heterocycles. The van der Waals surface area contributed by atoms with E-state index in [1.54, 1.807) is 18.2 Å². The molecule has 8 heteroatoms. The molecule has 0 radical (unpaired) electrons. The number of carbonyl (C=O) groups excluding carboxylic acids is 1. The molecule has 1 aliphatic rings. The molecule has 1 aromatic carbocycles. The van der Waals surface area contributed by atoms with E-state index >= 15 is 0 Å². The van der Waals surface area contributed by atoms with Gasteiger partial charge in [-0.15, -0.1) is 11.3 Å². The zero-order chi connectivity index (χ0) is 18.4. The van der Waals surface area contributed by atoms with Crippen molar-refractivity contribution in [3.63, 3.8) is 0 Å². The lowest BCUT2D eigenvalue weighted by Crippen LogP contribution is -2.19. The maximum atomic E-state index is 12.2. The van der Waals surface area contributed by atoms with Crippen LogP contribution in [0, 0.1) is 0 Å². The largest absolute Gasteiger partial charge is 0.481 e. The second kappa shape index (κ2) is 8.77. The number of benzene rings is 1. The molecule has 0 saturated carbocycles. The molecule has 3 rings (SSSR count). The van der Waals surface area contributed by atoms with Gasteiger partial charge in [-0.2, -0.15) is 0 Å². The molecule has 26 heavy (non-hydrogen) atoms. The summed E-state index contributed by atoms with van der Waals surface area (Å²) >= 11 is 1.49. The number of carboxylic acid groups (broad SMARTS) is 1. The van der Waals surface area contributed by atoms with Gasteiger partial charge in [0.15, 0.2) is 5.13 Å². The maximum Gasteiger partial charge on any atom is 0.325 e. The predicted molar refractivity (Wildman–Crippen MR) is 99.9 cm³/mol. The van der Waals surface area contributed by atoms with Crippen molar-refractivity contribution in [1.29, 1.82) is 0 Å². The number of hydrogen-bond acceptors (Lipinski definition) is 5. The molecule has 0 unspecified atom stereocenters. The average molecular weight is 375 g/mol. The summed E-state index contributed by atoms with van der Waals surface area (Å²) in [7, 11) is 0. The van der Waals surface area contributed by atoms with Crippen molar-refractivity contribution in [2.24, 2.45) is 0 Å². The lowest BCUT2D eigenvalue weighted by molar-refractivity contribution is -0.136. The number of aryl methyl sites for hydroxylation is 1. The number of rotatable bonds is 6. The van der Waals surface area contributed by atoms with Crippen molar-refractivity contribution in [2.75, 3.05) is 23.8 Å². The first-order valence-electron chi connectivity index (χ1n) is 8.52. The molecule has 7 nitrogen and oxygen atoms in total. The summed E-state index contributed by atoms with van der Waals surface area (Å²) in [6, 6.07) is 6.80. The number of anilines is 2. The average Bonchev–Trinajstić information content (AvgIpc) is 3.09. The van der Waals surface area contributed by atoms with Crippen molar-refractivity contribution >= 4 is 34.2 Å². The Bertz CT molecular complexity index is 771. The second-order valence-corrected chi connectivity index (χ2v) is 7.19. The van der Waals surface area contributed by atoms with E-state index in [4.69, 9.17) is 9.84 Å². The third-order valence-corrected chi connectivity index (χ3v) is 5.26. The fourth-order valence-electron chi connectivity index (χ4n) is 2.83. The number of nitrogens with zero attached hydrogens (tertiary/aromatic N) is 1. The van der Waals surface area contributed by atoms with Gasteiger partial charge in [0.1, 0.15) is 0 Å². The Kier molecular flexibility index (Phi) is 6.19. The molecule has 0 spiro atoms. The highest BCUT2D eigenvalue weighted by atomic mass is 32.1. The van der Waals surface area contributed by atoms with Crippen LogP contribution in [0.1, 0.15) is 35.6 Å². The Morgan fingerprint density at radius 2 is 2.08 bits per heavy atom. The summed E-state index contributed by atoms with van der Waals surface area (Å²) in [4.78, 5) is 28.3. The monoisotopic (exact) mass is 375 g/mol. The van der Waals surface area contributed by atoms with Gasteiger partial charge in [0, 0.05) is 36.4 Å². The number of ether oxygens (including phenoxy) is 1. The molecule has 0 atom stereocenters. The number of hydrogen-bond donors (Lipinski definition) is 3. The zero-order valence-corrected chi connectivity index (χ0v) is 15.1. The van der Waals surface area contributed by atoms with Crippen LogP contribution in [0.4, 0.5) is 15.6 Å². The van der Waals surface area contributed by atoms with E-state index in [1.165, 1.54) is 16.2 Å². The Hall–Kier alpha value is -2.45. The number of carbonyl (C=O) groups is 2. The van der Waals surface area contributed by atoms with Gasteiger partial charge >= 0.3 is 12.0 Å². The molecule has 1 saturated heterocycles. The van der Waals surface area contributed by atoms with E-state index < -0.39 is 5.97 Å². The first kappa shape index (κ1) is 18.3. The van der Waals surface area contributed by atoms with E-state index in [1.807, 2.05) is 12.3 Å². The fourth-order valence-corrected chi connectivity index (χ4v) is 3.81. The van der Waals surface area contributed by atoms with Crippen LogP contribution in [-0.2, 0) is 16.0 Å². The summed E-state index contributed by atoms with van der Waals surface area (Å²) in [5, 5.41) is 14.8. The number of aromatic nitrogens is 1. The summed E-state index contributed by atoms with van der Waals surface area (Å²) in [5.41, 5.74) is 1.48. The lowest BCUT2D eigenvalue weighted by atomic mass is 9.99. The maximum absolute atomic E-state index is 12.2. The first-order valence-corrected chi connectivity index (χ1v) is 9.34. The number of nitrogens with one attached hydrogen (secondary N) is 2. The third kappa shape index (κ3) is 5.27. The van der Waals surface area contributed by atoms with E-state index in [9.17, 15) is 9.59 Å². The summed E-state index contributed by atoms with van der Waals surface area (Å²) in [6.07, 6.45) is 4.27. The van der Waals surface area contributed by atoms with Gasteiger partial charge in [0.2, 0.25) is 0 Å². The molecular formula is C18H21N3O4S. The van der Waals surface area contributed by atoms with Crippen LogP contribution in [0.15, 0.2) is 30.5 Å². The molecule has 2 amide bonds. The minimum atomic E-state index is -0.842. The normalized spacial score (nSPS) is 14.8. The second-order valence-electron chi connectivity index (χ2n) is 6.13. The van der Waals surface area contributed by atoms with E-state index in [0.29, 0.717) is 23.2 Å². The quantitative estimate of drug-likeness (QED) is 0.715. The van der Waals surface area contributed by atoms with Gasteiger partial charge in [0.25, 0.3) is 0 Å². The SMILES string of the molecule is O=C(O)CCc1cccc(NC(=O)Nc2ncc(C3CCOCC3)s2)c1. The Morgan fingerprint density at radius 3 is 2.85 bits per heavy atom. The lowest BCUT2D eigenvalue weighted by Gasteiger charge is -2.20. The summed E-state index contributed by atoms with van der Waals surface area (Å²) in [6.45, 7) is 1.54. The van der Waals surface area contributed by atoms with E-state index in [0.717, 1.165) is 31.6 Å². The highest BCUT2D eigenvalue weighted by molar-refractivity contribution is 7.15. The van der Waals surface area contributed by atoms with Crippen LogP contribution in [0.25, 0.3) is 0 Å². The molecule has 1 fully saturated rings. The number of thiazole rings is 1. The van der Waals surface area contributed by atoms with Crippen LogP contribution in [0.2, 0.25) is 0 Å². The summed E-state index contributed by atoms with van der Waals surface area (Å²) < 4.78 is 5.37. The van der Waals surface area contributed by atoms with E-state index in [-0.39, 0.29) is 12.5 Å². The van der Waals surface area contributed by atoms with Crippen molar-refractivity contribution in [1.82, 2.24) is 4.98 Å². The van der Waals surface area contributed by atoms with Gasteiger partial charge in [0.05, 0.1) is 0 Å². The van der Waals surface area contributed by atoms with Gasteiger partial charge in [-0.05, 0) is 42.9 Å². The van der Waals surface area contributed by atoms with Gasteiger partial charge < -0.3 is 15.2 Å². The number of carboxylic acids is 1. The molecule has 2 aromatic rings. The zero-order valence-electron chi connectivity index (χ0n) is 14.2. The van der Waals surface area contributed by atoms with Crippen molar-refractivity contribution in [3.05, 3.63) is 40.9 Å². The standard InChI is InChI=1S/C18H21N3O4S/c22-16(23)5-4-12-2-1-3-14(10-12)20-17(24)21-18-19-11-15(26-18)13-6-8-25-9-7-13/h1-3,10-11,13H,4-9H2,(H,22,23)(H2,19,20,21,24). The Balaban J connectivity index is 1.54. The first-order chi connectivity index (χ1) is 12.6. The van der Waals surface area contributed by atoms with Crippen LogP contribution < -0.4 is 10.6 Å². The van der Waals surface area contributed by atoms with Crippen LogP contribution >= 0.6 is 11.3 Å². The molecule has 0 bridgehead atoms. The predicted octanol–water partition coefficient (Wildman–Crippen LogP) is 3.70. The molecule has 1 aromatic heterocycles.